The maximum Gasteiger partial charge on any atom is 0.317 e. The normalized spacial score (nSPS) is 21.4. The molecule has 1 fully saturated rings. The fourth-order valence-electron chi connectivity index (χ4n) is 2.71. The van der Waals surface area contributed by atoms with Crippen LogP contribution in [0, 0.1) is 0 Å². The topological polar surface area (TPSA) is 67.6 Å². The minimum absolute atomic E-state index is 0.00327. The molecule has 2 amide bonds. The Kier molecular flexibility index (Phi) is 3.29. The smallest absolute Gasteiger partial charge is 0.317 e. The first-order valence-electron chi connectivity index (χ1n) is 6.78. The summed E-state index contributed by atoms with van der Waals surface area (Å²) in [6, 6.07) is 6.28. The van der Waals surface area contributed by atoms with E-state index in [4.69, 9.17) is 10.5 Å². The van der Waals surface area contributed by atoms with E-state index in [-0.39, 0.29) is 12.1 Å². The maximum absolute atomic E-state index is 11.4. The van der Waals surface area contributed by atoms with Gasteiger partial charge in [0.1, 0.15) is 12.4 Å². The van der Waals surface area contributed by atoms with Crippen molar-refractivity contribution in [3.8, 4) is 5.75 Å². The van der Waals surface area contributed by atoms with Gasteiger partial charge in [0.25, 0.3) is 0 Å². The molecule has 5 nitrogen and oxygen atoms in total. The van der Waals surface area contributed by atoms with E-state index in [0.717, 1.165) is 31.7 Å². The maximum atomic E-state index is 11.4. The molecule has 102 valence electrons. The number of hydrogen-bond acceptors (Lipinski definition) is 3. The van der Waals surface area contributed by atoms with E-state index in [9.17, 15) is 4.79 Å². The summed E-state index contributed by atoms with van der Waals surface area (Å²) >= 11 is 0. The van der Waals surface area contributed by atoms with Gasteiger partial charge >= 0.3 is 6.03 Å². The minimum atomic E-state index is 0.00327. The molecule has 1 atom stereocenters. The largest absolute Gasteiger partial charge is 0.492 e. The van der Waals surface area contributed by atoms with E-state index in [1.807, 2.05) is 6.07 Å². The number of nitrogens with two attached hydrogens (primary N) is 1. The van der Waals surface area contributed by atoms with Crippen LogP contribution in [0.3, 0.4) is 0 Å². The number of nitrogens with zero attached hydrogens (tertiary/aromatic N) is 1. The second-order valence-electron chi connectivity index (χ2n) is 5.07. The van der Waals surface area contributed by atoms with Crippen molar-refractivity contribution in [2.75, 3.05) is 26.2 Å². The van der Waals surface area contributed by atoms with Gasteiger partial charge in [0.05, 0.1) is 6.54 Å². The molecule has 1 aromatic carbocycles. The number of amides is 2. The zero-order valence-corrected chi connectivity index (χ0v) is 10.9. The van der Waals surface area contributed by atoms with Gasteiger partial charge in [0.2, 0.25) is 0 Å². The molecule has 0 spiro atoms. The van der Waals surface area contributed by atoms with Crippen LogP contribution in [0.1, 0.15) is 23.6 Å². The molecule has 2 aliphatic rings. The summed E-state index contributed by atoms with van der Waals surface area (Å²) in [6.07, 6.45) is 2.05. The monoisotopic (exact) mass is 261 g/mol. The van der Waals surface area contributed by atoms with Gasteiger partial charge in [0.15, 0.2) is 0 Å². The Morgan fingerprint density at radius 2 is 2.37 bits per heavy atom. The van der Waals surface area contributed by atoms with Crippen molar-refractivity contribution in [3.63, 3.8) is 0 Å². The molecule has 1 unspecified atom stereocenters. The molecule has 19 heavy (non-hydrogen) atoms. The Balaban J connectivity index is 1.54. The molecule has 0 bridgehead atoms. The van der Waals surface area contributed by atoms with Crippen molar-refractivity contribution < 1.29 is 9.53 Å². The van der Waals surface area contributed by atoms with Crippen molar-refractivity contribution in [2.24, 2.45) is 5.73 Å². The lowest BCUT2D eigenvalue weighted by Gasteiger charge is -2.15. The molecule has 0 radical (unpaired) electrons. The van der Waals surface area contributed by atoms with E-state index in [0.29, 0.717) is 13.2 Å². The van der Waals surface area contributed by atoms with Crippen LogP contribution >= 0.6 is 0 Å². The number of fused-ring (bicyclic) bond motifs is 1. The third-order valence-corrected chi connectivity index (χ3v) is 3.81. The van der Waals surface area contributed by atoms with Crippen molar-refractivity contribution in [1.29, 1.82) is 0 Å². The Hall–Kier alpha value is -1.75. The van der Waals surface area contributed by atoms with Crippen molar-refractivity contribution >= 4 is 6.03 Å². The Labute approximate surface area is 112 Å². The number of carbonyl (C=O) groups excluding carboxylic acids is 1. The Bertz CT molecular complexity index is 490. The van der Waals surface area contributed by atoms with Crippen molar-refractivity contribution in [1.82, 2.24) is 10.2 Å². The predicted octanol–water partition coefficient (Wildman–Crippen LogP) is 1.04. The SMILES string of the molecule is NC1CCc2cc(OCCN3CCNC3=O)ccc21. The summed E-state index contributed by atoms with van der Waals surface area (Å²) in [5, 5.41) is 2.77. The van der Waals surface area contributed by atoms with Crippen LogP contribution in [0.4, 0.5) is 4.79 Å². The molecule has 1 heterocycles. The summed E-state index contributed by atoms with van der Waals surface area (Å²) in [7, 11) is 0. The molecule has 1 aromatic rings. The number of rotatable bonds is 4. The van der Waals surface area contributed by atoms with Gasteiger partial charge in [-0.05, 0) is 36.1 Å². The molecule has 1 aliphatic heterocycles. The highest BCUT2D eigenvalue weighted by Gasteiger charge is 2.20. The first-order chi connectivity index (χ1) is 9.24. The highest BCUT2D eigenvalue weighted by molar-refractivity contribution is 5.76. The van der Waals surface area contributed by atoms with E-state index in [1.165, 1.54) is 11.1 Å². The summed E-state index contributed by atoms with van der Waals surface area (Å²) in [6.45, 7) is 2.65. The van der Waals surface area contributed by atoms with Crippen LogP contribution in [0.15, 0.2) is 18.2 Å². The lowest BCUT2D eigenvalue weighted by Crippen LogP contribution is -2.31. The average Bonchev–Trinajstić information content (AvgIpc) is 2.97. The van der Waals surface area contributed by atoms with Crippen LogP contribution in [-0.2, 0) is 6.42 Å². The third kappa shape index (κ3) is 2.51. The van der Waals surface area contributed by atoms with Crippen LogP contribution in [0.2, 0.25) is 0 Å². The van der Waals surface area contributed by atoms with Gasteiger partial charge in [-0.15, -0.1) is 0 Å². The first-order valence-corrected chi connectivity index (χ1v) is 6.78. The molecule has 0 saturated carbocycles. The summed E-state index contributed by atoms with van der Waals surface area (Å²) in [5.41, 5.74) is 8.54. The highest BCUT2D eigenvalue weighted by Crippen LogP contribution is 2.31. The minimum Gasteiger partial charge on any atom is -0.492 e. The number of ether oxygens (including phenoxy) is 1. The van der Waals surface area contributed by atoms with Gasteiger partial charge in [-0.25, -0.2) is 4.79 Å². The molecule has 5 heteroatoms. The third-order valence-electron chi connectivity index (χ3n) is 3.81. The fraction of sp³-hybridized carbons (Fsp3) is 0.500. The second kappa shape index (κ2) is 5.09. The molecule has 0 aromatic heterocycles. The molecule has 1 saturated heterocycles. The summed E-state index contributed by atoms with van der Waals surface area (Å²) < 4.78 is 5.71. The van der Waals surface area contributed by atoms with Gasteiger partial charge in [-0.2, -0.15) is 0 Å². The van der Waals surface area contributed by atoms with Crippen LogP contribution < -0.4 is 15.8 Å². The Morgan fingerprint density at radius 3 is 3.16 bits per heavy atom. The number of urea groups is 1. The lowest BCUT2D eigenvalue weighted by molar-refractivity contribution is 0.202. The molecule has 1 aliphatic carbocycles. The zero-order valence-electron chi connectivity index (χ0n) is 10.9. The fourth-order valence-corrected chi connectivity index (χ4v) is 2.71. The highest BCUT2D eigenvalue weighted by atomic mass is 16.5. The molecular formula is C14H19N3O2. The first kappa shape index (κ1) is 12.3. The molecule has 3 N–H and O–H groups in total. The van der Waals surface area contributed by atoms with Gasteiger partial charge in [-0.3, -0.25) is 0 Å². The number of nitrogens with one attached hydrogen (secondary N) is 1. The van der Waals surface area contributed by atoms with Gasteiger partial charge < -0.3 is 20.7 Å². The van der Waals surface area contributed by atoms with Crippen LogP contribution in [-0.4, -0.2) is 37.2 Å². The molecule has 3 rings (SSSR count). The van der Waals surface area contributed by atoms with Crippen molar-refractivity contribution in [2.45, 2.75) is 18.9 Å². The van der Waals surface area contributed by atoms with Crippen LogP contribution in [0.25, 0.3) is 0 Å². The lowest BCUT2D eigenvalue weighted by atomic mass is 10.1. The van der Waals surface area contributed by atoms with Crippen LogP contribution in [0.5, 0.6) is 5.75 Å². The molecular weight excluding hydrogens is 242 g/mol. The van der Waals surface area contributed by atoms with E-state index < -0.39 is 0 Å². The number of hydrogen-bond donors (Lipinski definition) is 2. The summed E-state index contributed by atoms with van der Waals surface area (Å²) in [4.78, 5) is 13.1. The zero-order chi connectivity index (χ0) is 13.2. The summed E-state index contributed by atoms with van der Waals surface area (Å²) in [5.74, 6) is 0.868. The van der Waals surface area contributed by atoms with E-state index >= 15 is 0 Å². The second-order valence-corrected chi connectivity index (χ2v) is 5.07. The quantitative estimate of drug-likeness (QED) is 0.851. The van der Waals surface area contributed by atoms with E-state index in [1.54, 1.807) is 4.90 Å². The Morgan fingerprint density at radius 1 is 1.47 bits per heavy atom. The van der Waals surface area contributed by atoms with E-state index in [2.05, 4.69) is 17.4 Å². The van der Waals surface area contributed by atoms with Gasteiger partial charge in [0, 0.05) is 19.1 Å². The standard InChI is InChI=1S/C14H19N3O2/c15-13-4-1-10-9-11(2-3-12(10)13)19-8-7-17-6-5-16-14(17)18/h2-3,9,13H,1,4-8,15H2,(H,16,18). The predicted molar refractivity (Wildman–Crippen MR) is 72.2 cm³/mol. The number of carbonyl (C=O) groups is 1. The number of benzene rings is 1. The van der Waals surface area contributed by atoms with Gasteiger partial charge in [-0.1, -0.05) is 6.07 Å². The average molecular weight is 261 g/mol. The van der Waals surface area contributed by atoms with Crippen molar-refractivity contribution in [3.05, 3.63) is 29.3 Å². The number of aryl methyl sites for hydroxylation is 1.